The van der Waals surface area contributed by atoms with Crippen LogP contribution in [-0.4, -0.2) is 23.5 Å². The van der Waals surface area contributed by atoms with Crippen LogP contribution in [0.15, 0.2) is 29.6 Å². The van der Waals surface area contributed by atoms with Gasteiger partial charge in [-0.2, -0.15) is 0 Å². The minimum absolute atomic E-state index is 0.135. The van der Waals surface area contributed by atoms with Crippen LogP contribution in [-0.2, 0) is 29.0 Å². The molecule has 0 radical (unpaired) electrons. The predicted octanol–water partition coefficient (Wildman–Crippen LogP) is 1.47. The molecule has 1 aromatic heterocycles. The Morgan fingerprint density at radius 1 is 1.24 bits per heavy atom. The lowest BCUT2D eigenvalue weighted by Gasteiger charge is -2.07. The highest BCUT2D eigenvalue weighted by atomic mass is 32.1. The van der Waals surface area contributed by atoms with Crippen LogP contribution in [0.2, 0.25) is 0 Å². The zero-order valence-corrected chi connectivity index (χ0v) is 14.9. The number of nitrogens with one attached hydrogen (secondary N) is 1. The van der Waals surface area contributed by atoms with Gasteiger partial charge in [-0.15, -0.1) is 11.3 Å². The van der Waals surface area contributed by atoms with E-state index in [2.05, 4.69) is 17.2 Å². The monoisotopic (exact) mass is 361 g/mol. The molecule has 0 saturated carbocycles. The first-order chi connectivity index (χ1) is 12.1. The van der Waals surface area contributed by atoms with E-state index in [1.165, 1.54) is 11.3 Å². The third kappa shape index (κ3) is 6.93. The van der Waals surface area contributed by atoms with Crippen molar-refractivity contribution in [1.29, 1.82) is 0 Å². The summed E-state index contributed by atoms with van der Waals surface area (Å²) in [7, 11) is 0. The first-order valence-electron chi connectivity index (χ1n) is 8.18. The first kappa shape index (κ1) is 18.9. The number of nitrogens with zero attached hydrogens (tertiary/aromatic N) is 1. The number of carboxylic acids is 1. The van der Waals surface area contributed by atoms with Crippen molar-refractivity contribution in [3.8, 4) is 5.75 Å². The molecule has 1 heterocycles. The minimum Gasteiger partial charge on any atom is -0.550 e. The highest BCUT2D eigenvalue weighted by Gasteiger charge is 2.08. The number of carbonyl (C=O) groups excluding carboxylic acids is 2. The molecule has 2 aromatic rings. The number of benzene rings is 1. The number of unbranched alkanes of at least 4 members (excludes halogenated alkanes) is 1. The van der Waals surface area contributed by atoms with Gasteiger partial charge >= 0.3 is 0 Å². The number of carboxylic acid groups (broad SMARTS) is 1. The van der Waals surface area contributed by atoms with Crippen molar-refractivity contribution in [3.63, 3.8) is 0 Å². The molecule has 0 fully saturated rings. The van der Waals surface area contributed by atoms with Gasteiger partial charge in [0.15, 0.2) is 0 Å². The summed E-state index contributed by atoms with van der Waals surface area (Å²) >= 11 is 1.27. The summed E-state index contributed by atoms with van der Waals surface area (Å²) in [5, 5.41) is 15.6. The molecule has 0 aliphatic rings. The maximum atomic E-state index is 12.0. The van der Waals surface area contributed by atoms with Crippen molar-refractivity contribution >= 4 is 23.2 Å². The summed E-state index contributed by atoms with van der Waals surface area (Å²) in [5.41, 5.74) is 1.40. The Balaban J connectivity index is 1.75. The van der Waals surface area contributed by atoms with Crippen LogP contribution in [0.25, 0.3) is 0 Å². The van der Waals surface area contributed by atoms with Crippen molar-refractivity contribution in [3.05, 3.63) is 45.9 Å². The van der Waals surface area contributed by atoms with Crippen molar-refractivity contribution in [1.82, 2.24) is 10.3 Å². The number of aliphatic carboxylic acids is 1. The van der Waals surface area contributed by atoms with Crippen LogP contribution in [0.4, 0.5) is 0 Å². The van der Waals surface area contributed by atoms with E-state index in [0.717, 1.165) is 24.2 Å². The van der Waals surface area contributed by atoms with Gasteiger partial charge in [0, 0.05) is 24.3 Å². The van der Waals surface area contributed by atoms with E-state index in [1.54, 1.807) is 5.38 Å². The molecule has 1 amide bonds. The Morgan fingerprint density at radius 3 is 2.68 bits per heavy atom. The van der Waals surface area contributed by atoms with E-state index >= 15 is 0 Å². The molecule has 0 bridgehead atoms. The molecule has 7 heteroatoms. The summed E-state index contributed by atoms with van der Waals surface area (Å²) in [4.78, 5) is 26.6. The highest BCUT2D eigenvalue weighted by molar-refractivity contribution is 7.09. The normalized spacial score (nSPS) is 10.4. The highest BCUT2D eigenvalue weighted by Crippen LogP contribution is 2.13. The molecule has 0 unspecified atom stereocenters. The molecule has 0 aliphatic heterocycles. The average molecular weight is 361 g/mol. The molecule has 6 nitrogen and oxygen atoms in total. The Bertz CT molecular complexity index is 697. The maximum Gasteiger partial charge on any atom is 0.227 e. The lowest BCUT2D eigenvalue weighted by atomic mass is 10.2. The van der Waals surface area contributed by atoms with Crippen molar-refractivity contribution < 1.29 is 19.4 Å². The minimum atomic E-state index is -1.18. The summed E-state index contributed by atoms with van der Waals surface area (Å²) in [6.45, 7) is 3.25. The van der Waals surface area contributed by atoms with E-state index < -0.39 is 5.97 Å². The fourth-order valence-electron chi connectivity index (χ4n) is 2.10. The van der Waals surface area contributed by atoms with Crippen LogP contribution in [0, 0.1) is 0 Å². The van der Waals surface area contributed by atoms with Gasteiger partial charge < -0.3 is 20.0 Å². The Hall–Kier alpha value is -2.41. The first-order valence-corrected chi connectivity index (χ1v) is 9.06. The molecule has 1 N–H and O–H groups in total. The second kappa shape index (κ2) is 9.78. The number of thiazole rings is 1. The largest absolute Gasteiger partial charge is 0.550 e. The number of hydrogen-bond donors (Lipinski definition) is 1. The lowest BCUT2D eigenvalue weighted by Crippen LogP contribution is -2.25. The van der Waals surface area contributed by atoms with Crippen molar-refractivity contribution in [2.24, 2.45) is 0 Å². The standard InChI is InChI=1S/C18H22N2O4S/c1-2-3-8-24-15-6-4-13(5-7-15)11-19-16(21)10-17-20-14(12-25-17)9-18(22)23/h4-7,12H,2-3,8-11H2,1H3,(H,19,21)(H,22,23)/p-1. The van der Waals surface area contributed by atoms with E-state index in [0.29, 0.717) is 23.9 Å². The molecule has 25 heavy (non-hydrogen) atoms. The van der Waals surface area contributed by atoms with Crippen LogP contribution in [0.5, 0.6) is 5.75 Å². The number of ether oxygens (including phenoxy) is 1. The number of amides is 1. The van der Waals surface area contributed by atoms with E-state index in [4.69, 9.17) is 4.74 Å². The van der Waals surface area contributed by atoms with Gasteiger partial charge in [0.2, 0.25) is 5.91 Å². The number of aromatic nitrogens is 1. The maximum absolute atomic E-state index is 12.0. The van der Waals surface area contributed by atoms with Gasteiger partial charge in [0.1, 0.15) is 10.8 Å². The third-order valence-electron chi connectivity index (χ3n) is 3.42. The molecule has 0 aliphatic carbocycles. The number of carbonyl (C=O) groups is 2. The molecule has 0 atom stereocenters. The zero-order chi connectivity index (χ0) is 18.1. The second-order valence-electron chi connectivity index (χ2n) is 5.58. The van der Waals surface area contributed by atoms with E-state index in [-0.39, 0.29) is 18.7 Å². The summed E-state index contributed by atoms with van der Waals surface area (Å²) in [6.07, 6.45) is 2.03. The smallest absolute Gasteiger partial charge is 0.227 e. The number of hydrogen-bond acceptors (Lipinski definition) is 6. The topological polar surface area (TPSA) is 91.3 Å². The van der Waals surface area contributed by atoms with Crippen LogP contribution < -0.4 is 15.2 Å². The molecule has 1 aromatic carbocycles. The fourth-order valence-corrected chi connectivity index (χ4v) is 2.89. The van der Waals surface area contributed by atoms with Crippen molar-refractivity contribution in [2.75, 3.05) is 6.61 Å². The van der Waals surface area contributed by atoms with Crippen LogP contribution >= 0.6 is 11.3 Å². The quantitative estimate of drug-likeness (QED) is 0.647. The molecule has 0 spiro atoms. The summed E-state index contributed by atoms with van der Waals surface area (Å²) < 4.78 is 5.60. The van der Waals surface area contributed by atoms with Crippen LogP contribution in [0.1, 0.15) is 36.0 Å². The van der Waals surface area contributed by atoms with Gasteiger partial charge in [-0.1, -0.05) is 25.5 Å². The molecule has 2 rings (SSSR count). The van der Waals surface area contributed by atoms with Gasteiger partial charge in [-0.05, 0) is 24.1 Å². The van der Waals surface area contributed by atoms with Gasteiger partial charge in [0.25, 0.3) is 0 Å². The summed E-state index contributed by atoms with van der Waals surface area (Å²) in [6, 6.07) is 7.63. The zero-order valence-electron chi connectivity index (χ0n) is 14.1. The molecular formula is C18H21N2O4S-. The molecule has 0 saturated heterocycles. The second-order valence-corrected chi connectivity index (χ2v) is 6.52. The van der Waals surface area contributed by atoms with E-state index in [9.17, 15) is 14.7 Å². The predicted molar refractivity (Wildman–Crippen MR) is 93.2 cm³/mol. The van der Waals surface area contributed by atoms with E-state index in [1.807, 2.05) is 24.3 Å². The SMILES string of the molecule is CCCCOc1ccc(CNC(=O)Cc2nc(CC(=O)[O-])cs2)cc1. The van der Waals surface area contributed by atoms with Gasteiger partial charge in [-0.25, -0.2) is 4.98 Å². The number of rotatable bonds is 10. The molecular weight excluding hydrogens is 340 g/mol. The molecule has 134 valence electrons. The Labute approximate surface area is 150 Å². The fraction of sp³-hybridized carbons (Fsp3) is 0.389. The lowest BCUT2D eigenvalue weighted by molar-refractivity contribution is -0.304. The Kier molecular flexibility index (Phi) is 7.40. The van der Waals surface area contributed by atoms with Gasteiger partial charge in [0.05, 0.1) is 18.7 Å². The third-order valence-corrected chi connectivity index (χ3v) is 4.31. The average Bonchev–Trinajstić information content (AvgIpc) is 3.00. The Morgan fingerprint density at radius 2 is 2.00 bits per heavy atom. The van der Waals surface area contributed by atoms with Crippen molar-refractivity contribution in [2.45, 2.75) is 39.2 Å². The van der Waals surface area contributed by atoms with Crippen LogP contribution in [0.3, 0.4) is 0 Å². The summed E-state index contributed by atoms with van der Waals surface area (Å²) in [5.74, 6) is -0.507. The van der Waals surface area contributed by atoms with Gasteiger partial charge in [-0.3, -0.25) is 4.79 Å².